The molecule has 0 aliphatic carbocycles. The molecule has 2 saturated heterocycles. The summed E-state index contributed by atoms with van der Waals surface area (Å²) < 4.78 is 65.1. The van der Waals surface area contributed by atoms with Gasteiger partial charge in [-0.1, -0.05) is 26.5 Å². The second-order valence-corrected chi connectivity index (χ2v) is 20.0. The third kappa shape index (κ3) is 16.1. The van der Waals surface area contributed by atoms with Gasteiger partial charge in [-0.2, -0.15) is 9.67 Å². The fourth-order valence-electron chi connectivity index (χ4n) is 9.87. The van der Waals surface area contributed by atoms with Gasteiger partial charge in [-0.3, -0.25) is 14.5 Å². The SMILES string of the molecule is C.CC[C@@H]([C@H](C)OC(=O)[C@@H](N)CO)n1ncn(-c2ccc(N3CCN(c4ccc(OC[C@@H]5CO[C@@](Cn6c[n+](C(C)OC(=O)N(C)c7ncccc7COC(=O)[C@@H](N)CCCN)cn6)(c6ccc(F)cc6F)C5)cc4)CC3)cc2)c1=O.Cl.[Cl-]. The summed E-state index contributed by atoms with van der Waals surface area (Å²) in [6.07, 6.45) is 5.40. The molecule has 3 aromatic heterocycles. The molecule has 0 saturated carbocycles. The van der Waals surface area contributed by atoms with Crippen LogP contribution in [0.4, 0.5) is 30.8 Å². The Labute approximate surface area is 493 Å². The number of hydrogen-bond donors (Lipinski definition) is 4. The van der Waals surface area contributed by atoms with E-state index in [4.69, 9.17) is 40.9 Å². The molecule has 2 aliphatic rings. The van der Waals surface area contributed by atoms with Crippen LogP contribution in [0.1, 0.15) is 77.3 Å². The van der Waals surface area contributed by atoms with Crippen LogP contribution in [0, 0.1) is 17.6 Å². The van der Waals surface area contributed by atoms with Gasteiger partial charge < -0.3 is 68.2 Å². The molecule has 3 aromatic carbocycles. The first-order chi connectivity index (χ1) is 38.5. The number of aromatic nitrogens is 7. The van der Waals surface area contributed by atoms with E-state index in [1.807, 2.05) is 55.5 Å². The Hall–Kier alpha value is -7.26. The number of halogens is 4. The van der Waals surface area contributed by atoms with E-state index in [2.05, 4.69) is 25.0 Å². The molecule has 0 bridgehead atoms. The highest BCUT2D eigenvalue weighted by Crippen LogP contribution is 2.42. The maximum absolute atomic E-state index is 15.7. The lowest BCUT2D eigenvalue weighted by Gasteiger charge is -2.37. The van der Waals surface area contributed by atoms with E-state index in [1.54, 1.807) is 41.6 Å². The summed E-state index contributed by atoms with van der Waals surface area (Å²) in [6, 6.07) is 19.7. The van der Waals surface area contributed by atoms with Gasteiger partial charge in [-0.15, -0.1) is 17.1 Å². The number of carbonyl (C=O) groups excluding carboxylic acids is 3. The molecular formula is C56H75Cl2F2N13O10. The zero-order valence-electron chi connectivity index (χ0n) is 46.0. The zero-order chi connectivity index (χ0) is 57.1. The van der Waals surface area contributed by atoms with Gasteiger partial charge in [0.25, 0.3) is 6.33 Å². The van der Waals surface area contributed by atoms with Gasteiger partial charge in [0, 0.05) is 85.9 Å². The molecule has 2 fully saturated rings. The fraction of sp³-hybridized carbons (Fsp3) is 0.464. The second kappa shape index (κ2) is 30.3. The number of anilines is 3. The third-order valence-electron chi connectivity index (χ3n) is 14.4. The molecular weight excluding hydrogens is 1120 g/mol. The van der Waals surface area contributed by atoms with Crippen molar-refractivity contribution < 1.29 is 68.9 Å². The highest BCUT2D eigenvalue weighted by atomic mass is 35.5. The summed E-state index contributed by atoms with van der Waals surface area (Å²) in [5.74, 6) is -2.14. The van der Waals surface area contributed by atoms with Gasteiger partial charge in [0.1, 0.15) is 66.5 Å². The van der Waals surface area contributed by atoms with Gasteiger partial charge >= 0.3 is 23.7 Å². The molecule has 23 nitrogen and oxygen atoms in total. The monoisotopic (exact) mass is 1200 g/mol. The minimum absolute atomic E-state index is 0. The number of nitrogens with two attached hydrogens (primary N) is 3. The van der Waals surface area contributed by atoms with Crippen molar-refractivity contribution in [2.75, 3.05) is 74.3 Å². The van der Waals surface area contributed by atoms with Crippen molar-refractivity contribution in [3.8, 4) is 11.4 Å². The van der Waals surface area contributed by atoms with Crippen LogP contribution in [0.2, 0.25) is 0 Å². The van der Waals surface area contributed by atoms with E-state index in [1.165, 1.54) is 52.2 Å². The number of rotatable bonds is 24. The Morgan fingerprint density at radius 1 is 0.928 bits per heavy atom. The van der Waals surface area contributed by atoms with Crippen LogP contribution < -0.4 is 59.3 Å². The van der Waals surface area contributed by atoms with Crippen molar-refractivity contribution in [1.29, 1.82) is 0 Å². The van der Waals surface area contributed by atoms with Crippen LogP contribution in [0.15, 0.2) is 109 Å². The summed E-state index contributed by atoms with van der Waals surface area (Å²) in [6.45, 7) is 8.41. The van der Waals surface area contributed by atoms with E-state index >= 15 is 4.39 Å². The maximum Gasteiger partial charge on any atom is 0.418 e. The standard InChI is InChI=1S/C55H70F2N13O10.CH4.2ClH/c1-5-49(36(2)79-52(73)48(60)28-71)70-53(74)69(34-63-70)43-13-11-41(12-14-43)65-22-24-66(25-23-65)42-15-17-44(18-16-42)76-29-38-27-55(78-30-38,45-19-10-40(56)26-46(45)57)32-68-35-67(33-62-68)37(3)80-54(75)64(4)50-39(8-7-21-61-50)31-77-51(72)47(59)9-6-20-58;;;/h7-8,10-19,21,26,33-38,47-49,71H,5-6,9,20,22-25,27-32,58-60H2,1-4H3;1H4;2*1H/q+1;;;/p-1/t36-,37?,38+,47-,48-,49-,55-;;;/m0.../s1. The van der Waals surface area contributed by atoms with Crippen molar-refractivity contribution in [2.24, 2.45) is 23.1 Å². The maximum atomic E-state index is 15.7. The number of pyridine rings is 1. The van der Waals surface area contributed by atoms with Crippen molar-refractivity contribution in [1.82, 2.24) is 29.1 Å². The molecule has 5 heterocycles. The molecule has 1 amide bonds. The van der Waals surface area contributed by atoms with E-state index in [9.17, 15) is 28.7 Å². The first-order valence-electron chi connectivity index (χ1n) is 26.6. The van der Waals surface area contributed by atoms with Gasteiger partial charge in [0.15, 0.2) is 0 Å². The highest BCUT2D eigenvalue weighted by Gasteiger charge is 2.46. The number of esters is 2. The van der Waals surface area contributed by atoms with Crippen molar-refractivity contribution >= 4 is 47.6 Å². The quantitative estimate of drug-likeness (QED) is 0.0381. The summed E-state index contributed by atoms with van der Waals surface area (Å²) in [7, 11) is 1.48. The summed E-state index contributed by atoms with van der Waals surface area (Å²) >= 11 is 0. The van der Waals surface area contributed by atoms with Crippen LogP contribution in [-0.2, 0) is 47.3 Å². The van der Waals surface area contributed by atoms with Crippen molar-refractivity contribution in [3.63, 3.8) is 0 Å². The molecule has 7 atom stereocenters. The smallest absolute Gasteiger partial charge is 0.418 e. The molecule has 0 spiro atoms. The summed E-state index contributed by atoms with van der Waals surface area (Å²) in [5, 5.41) is 18.0. The third-order valence-corrected chi connectivity index (χ3v) is 14.4. The van der Waals surface area contributed by atoms with Crippen LogP contribution in [0.5, 0.6) is 5.75 Å². The molecule has 452 valence electrons. The van der Waals surface area contributed by atoms with Gasteiger partial charge in [0.2, 0.25) is 12.6 Å². The Kier molecular flexibility index (Phi) is 24.3. The van der Waals surface area contributed by atoms with E-state index < -0.39 is 72.3 Å². The summed E-state index contributed by atoms with van der Waals surface area (Å²) in [5.41, 5.74) is 18.7. The molecule has 2 aliphatic heterocycles. The van der Waals surface area contributed by atoms with Crippen LogP contribution in [0.25, 0.3) is 5.69 Å². The lowest BCUT2D eigenvalue weighted by molar-refractivity contribution is -0.753. The number of benzene rings is 3. The van der Waals surface area contributed by atoms with Crippen LogP contribution >= 0.6 is 12.4 Å². The molecule has 27 heteroatoms. The minimum atomic E-state index is -1.25. The molecule has 1 unspecified atom stereocenters. The predicted molar refractivity (Wildman–Crippen MR) is 303 cm³/mol. The predicted octanol–water partition coefficient (Wildman–Crippen LogP) is 1.69. The average Bonchev–Trinajstić information content (AvgIpc) is 4.44. The van der Waals surface area contributed by atoms with Gasteiger partial charge in [-0.05, 0) is 99.8 Å². The Morgan fingerprint density at radius 3 is 2.23 bits per heavy atom. The van der Waals surface area contributed by atoms with Gasteiger partial charge in [0.05, 0.1) is 31.5 Å². The first kappa shape index (κ1) is 66.5. The minimum Gasteiger partial charge on any atom is -1.00 e. The second-order valence-electron chi connectivity index (χ2n) is 20.0. The fourth-order valence-corrected chi connectivity index (χ4v) is 9.87. The van der Waals surface area contributed by atoms with E-state index in [0.717, 1.165) is 43.6 Å². The summed E-state index contributed by atoms with van der Waals surface area (Å²) in [4.78, 5) is 61.7. The number of nitrogens with zero attached hydrogens (tertiary/aromatic N) is 10. The Balaban J connectivity index is 0.00000420. The molecule has 6 aromatic rings. The van der Waals surface area contributed by atoms with Gasteiger partial charge in [-0.25, -0.2) is 32.6 Å². The number of amides is 1. The average molecular weight is 1200 g/mol. The number of carbonyl (C=O) groups is 3. The van der Waals surface area contributed by atoms with Crippen LogP contribution in [0.3, 0.4) is 0 Å². The first-order valence-corrected chi connectivity index (χ1v) is 26.6. The number of ether oxygens (including phenoxy) is 5. The number of piperazine rings is 1. The Morgan fingerprint density at radius 2 is 1.59 bits per heavy atom. The number of hydrogen-bond acceptors (Lipinski definition) is 18. The molecule has 7 N–H and O–H groups in total. The van der Waals surface area contributed by atoms with Crippen LogP contribution in [-0.4, -0.2) is 130 Å². The lowest BCUT2D eigenvalue weighted by atomic mass is 9.87. The van der Waals surface area contributed by atoms with Crippen molar-refractivity contribution in [3.05, 3.63) is 137 Å². The highest BCUT2D eigenvalue weighted by molar-refractivity contribution is 5.86. The largest absolute Gasteiger partial charge is 1.00 e. The number of aliphatic hydroxyl groups excluding tert-OH is 1. The normalized spacial score (nSPS) is 17.6. The van der Waals surface area contributed by atoms with Crippen molar-refractivity contribution in [2.45, 2.75) is 103 Å². The van der Waals surface area contributed by atoms with E-state index in [-0.39, 0.29) is 81.6 Å². The molecule has 0 radical (unpaired) electrons. The zero-order valence-corrected chi connectivity index (χ0v) is 47.6. The topological polar surface area (TPSA) is 280 Å². The molecule has 8 rings (SSSR count). The lowest BCUT2D eigenvalue weighted by Crippen LogP contribution is -3.00. The Bertz CT molecular complexity index is 3110. The number of aliphatic hydroxyl groups is 1. The molecule has 83 heavy (non-hydrogen) atoms. The van der Waals surface area contributed by atoms with E-state index in [0.29, 0.717) is 49.2 Å².